The van der Waals surface area contributed by atoms with E-state index in [9.17, 15) is 4.79 Å². The van der Waals surface area contributed by atoms with Crippen LogP contribution >= 0.6 is 0 Å². The number of hydrogen-bond donors (Lipinski definition) is 1. The Morgan fingerprint density at radius 2 is 1.86 bits per heavy atom. The number of ether oxygens (including phenoxy) is 1. The zero-order valence-electron chi connectivity index (χ0n) is 16.3. The first kappa shape index (κ1) is 19.4. The van der Waals surface area contributed by atoms with E-state index in [4.69, 9.17) is 9.26 Å². The number of urea groups is 1. The highest BCUT2D eigenvalue weighted by molar-refractivity contribution is 5.89. The number of aryl methyl sites for hydroxylation is 1. The molecular formula is C21H24N4O3. The van der Waals surface area contributed by atoms with Crippen molar-refractivity contribution in [1.82, 2.24) is 15.0 Å². The number of carbonyl (C=O) groups excluding carboxylic acids is 1. The minimum Gasteiger partial charge on any atom is -0.494 e. The van der Waals surface area contributed by atoms with Gasteiger partial charge < -0.3 is 19.5 Å². The summed E-state index contributed by atoms with van der Waals surface area (Å²) < 4.78 is 10.7. The molecular weight excluding hydrogens is 356 g/mol. The van der Waals surface area contributed by atoms with Gasteiger partial charge in [0.2, 0.25) is 0 Å². The summed E-state index contributed by atoms with van der Waals surface area (Å²) in [6.07, 6.45) is 0.503. The van der Waals surface area contributed by atoms with Gasteiger partial charge in [-0.15, -0.1) is 0 Å². The molecule has 1 aromatic heterocycles. The van der Waals surface area contributed by atoms with Crippen LogP contribution in [0, 0.1) is 6.92 Å². The van der Waals surface area contributed by atoms with Crippen molar-refractivity contribution < 1.29 is 14.1 Å². The zero-order valence-corrected chi connectivity index (χ0v) is 16.3. The van der Waals surface area contributed by atoms with E-state index in [1.165, 1.54) is 5.56 Å². The Kier molecular flexibility index (Phi) is 6.26. The monoisotopic (exact) mass is 380 g/mol. The predicted molar refractivity (Wildman–Crippen MR) is 107 cm³/mol. The molecule has 1 heterocycles. The van der Waals surface area contributed by atoms with Gasteiger partial charge in [0.25, 0.3) is 5.89 Å². The molecule has 7 heteroatoms. The van der Waals surface area contributed by atoms with Crippen LogP contribution in [0.3, 0.4) is 0 Å². The van der Waals surface area contributed by atoms with Gasteiger partial charge in [0.1, 0.15) is 5.75 Å². The molecule has 0 fully saturated rings. The van der Waals surface area contributed by atoms with Gasteiger partial charge in [-0.1, -0.05) is 22.9 Å². The largest absolute Gasteiger partial charge is 0.494 e. The van der Waals surface area contributed by atoms with Crippen molar-refractivity contribution in [3.63, 3.8) is 0 Å². The van der Waals surface area contributed by atoms with E-state index in [1.54, 1.807) is 11.9 Å². The molecule has 1 N–H and O–H groups in total. The van der Waals surface area contributed by atoms with E-state index in [2.05, 4.69) is 15.5 Å². The highest BCUT2D eigenvalue weighted by atomic mass is 16.5. The quantitative estimate of drug-likeness (QED) is 0.666. The lowest BCUT2D eigenvalue weighted by Crippen LogP contribution is -2.33. The Labute approximate surface area is 164 Å². The van der Waals surface area contributed by atoms with Crippen molar-refractivity contribution in [3.8, 4) is 17.2 Å². The maximum Gasteiger partial charge on any atom is 0.321 e. The third kappa shape index (κ3) is 5.09. The summed E-state index contributed by atoms with van der Waals surface area (Å²) in [5.74, 6) is 1.82. The average molecular weight is 380 g/mol. The summed E-state index contributed by atoms with van der Waals surface area (Å²) >= 11 is 0. The van der Waals surface area contributed by atoms with Gasteiger partial charge in [0, 0.05) is 31.3 Å². The van der Waals surface area contributed by atoms with Crippen molar-refractivity contribution in [2.45, 2.75) is 20.3 Å². The molecule has 0 atom stereocenters. The lowest BCUT2D eigenvalue weighted by Gasteiger charge is -2.17. The van der Waals surface area contributed by atoms with Crippen LogP contribution in [-0.4, -0.2) is 41.3 Å². The van der Waals surface area contributed by atoms with Gasteiger partial charge in [-0.05, 0) is 50.2 Å². The molecule has 2 aromatic carbocycles. The van der Waals surface area contributed by atoms with Gasteiger partial charge >= 0.3 is 6.03 Å². The van der Waals surface area contributed by atoms with Crippen LogP contribution in [0.15, 0.2) is 53.1 Å². The van der Waals surface area contributed by atoms with Crippen LogP contribution in [0.2, 0.25) is 0 Å². The van der Waals surface area contributed by atoms with E-state index in [-0.39, 0.29) is 6.03 Å². The number of benzene rings is 2. The van der Waals surface area contributed by atoms with Crippen LogP contribution in [0.5, 0.6) is 5.75 Å². The maximum atomic E-state index is 12.3. The maximum absolute atomic E-state index is 12.3. The summed E-state index contributed by atoms with van der Waals surface area (Å²) in [5.41, 5.74) is 2.76. The number of nitrogens with zero attached hydrogens (tertiary/aromatic N) is 3. The second-order valence-electron chi connectivity index (χ2n) is 6.44. The number of aromatic nitrogens is 2. The predicted octanol–water partition coefficient (Wildman–Crippen LogP) is 4.15. The van der Waals surface area contributed by atoms with Gasteiger partial charge in [-0.25, -0.2) is 4.79 Å². The zero-order chi connectivity index (χ0) is 19.9. The summed E-state index contributed by atoms with van der Waals surface area (Å²) in [4.78, 5) is 18.3. The second-order valence-corrected chi connectivity index (χ2v) is 6.44. The molecule has 3 rings (SSSR count). The molecule has 0 unspecified atom stereocenters. The molecule has 0 aliphatic heterocycles. The second kappa shape index (κ2) is 9.03. The number of carbonyl (C=O) groups is 1. The van der Waals surface area contributed by atoms with E-state index in [0.29, 0.717) is 37.0 Å². The SMILES string of the molecule is CCOc1ccc(NC(=O)N(C)CCc2noc(-c3ccc(C)cc3)n2)cc1. The minimum absolute atomic E-state index is 0.202. The first-order valence-corrected chi connectivity index (χ1v) is 9.19. The molecule has 0 spiro atoms. The average Bonchev–Trinajstić information content (AvgIpc) is 3.17. The molecule has 0 saturated heterocycles. The summed E-state index contributed by atoms with van der Waals surface area (Å²) in [6.45, 7) is 5.03. The highest BCUT2D eigenvalue weighted by Gasteiger charge is 2.13. The fourth-order valence-corrected chi connectivity index (χ4v) is 2.56. The van der Waals surface area contributed by atoms with Crippen LogP contribution in [0.25, 0.3) is 11.5 Å². The fourth-order valence-electron chi connectivity index (χ4n) is 2.56. The summed E-state index contributed by atoms with van der Waals surface area (Å²) in [7, 11) is 1.73. The third-order valence-electron chi connectivity index (χ3n) is 4.20. The van der Waals surface area contributed by atoms with Crippen molar-refractivity contribution in [1.29, 1.82) is 0 Å². The summed E-state index contributed by atoms with van der Waals surface area (Å²) in [6, 6.07) is 15.0. The Bertz CT molecular complexity index is 904. The van der Waals surface area contributed by atoms with E-state index in [1.807, 2.05) is 62.4 Å². The Morgan fingerprint density at radius 3 is 2.54 bits per heavy atom. The Morgan fingerprint density at radius 1 is 1.14 bits per heavy atom. The molecule has 0 aliphatic rings. The molecule has 0 saturated carbocycles. The van der Waals surface area contributed by atoms with Crippen LogP contribution in [0.1, 0.15) is 18.3 Å². The van der Waals surface area contributed by atoms with Crippen LogP contribution < -0.4 is 10.1 Å². The smallest absolute Gasteiger partial charge is 0.321 e. The number of nitrogens with one attached hydrogen (secondary N) is 1. The van der Waals surface area contributed by atoms with Crippen LogP contribution in [-0.2, 0) is 6.42 Å². The number of amides is 2. The van der Waals surface area contributed by atoms with Gasteiger partial charge in [-0.2, -0.15) is 4.98 Å². The number of hydrogen-bond acceptors (Lipinski definition) is 5. The highest BCUT2D eigenvalue weighted by Crippen LogP contribution is 2.18. The van der Waals surface area contributed by atoms with Crippen molar-refractivity contribution in [3.05, 3.63) is 59.9 Å². The van der Waals surface area contributed by atoms with Crippen LogP contribution in [0.4, 0.5) is 10.5 Å². The van der Waals surface area contributed by atoms with E-state index < -0.39 is 0 Å². The fraction of sp³-hybridized carbons (Fsp3) is 0.286. The standard InChI is InChI=1S/C21H24N4O3/c1-4-27-18-11-9-17(10-12-18)22-21(26)25(3)14-13-19-23-20(28-24-19)16-7-5-15(2)6-8-16/h5-12H,4,13-14H2,1-3H3,(H,22,26). The third-order valence-corrected chi connectivity index (χ3v) is 4.20. The molecule has 0 bridgehead atoms. The molecule has 28 heavy (non-hydrogen) atoms. The first-order valence-electron chi connectivity index (χ1n) is 9.19. The van der Waals surface area contributed by atoms with Gasteiger partial charge in [0.15, 0.2) is 5.82 Å². The lowest BCUT2D eigenvalue weighted by atomic mass is 10.1. The van der Waals surface area contributed by atoms with E-state index in [0.717, 1.165) is 11.3 Å². The summed E-state index contributed by atoms with van der Waals surface area (Å²) in [5, 5.41) is 6.85. The Hall–Kier alpha value is -3.35. The molecule has 2 amide bonds. The van der Waals surface area contributed by atoms with E-state index >= 15 is 0 Å². The first-order chi connectivity index (χ1) is 13.5. The minimum atomic E-state index is -0.202. The van der Waals surface area contributed by atoms with Crippen molar-refractivity contribution >= 4 is 11.7 Å². The number of rotatable bonds is 7. The number of likely N-dealkylation sites (N-methyl/N-ethyl adjacent to an activating group) is 1. The number of anilines is 1. The topological polar surface area (TPSA) is 80.5 Å². The lowest BCUT2D eigenvalue weighted by molar-refractivity contribution is 0.222. The molecule has 0 radical (unpaired) electrons. The Balaban J connectivity index is 1.51. The van der Waals surface area contributed by atoms with Crippen molar-refractivity contribution in [2.24, 2.45) is 0 Å². The molecule has 146 valence electrons. The molecule has 3 aromatic rings. The van der Waals surface area contributed by atoms with Gasteiger partial charge in [0.05, 0.1) is 6.61 Å². The van der Waals surface area contributed by atoms with Gasteiger partial charge in [-0.3, -0.25) is 0 Å². The van der Waals surface area contributed by atoms with Crippen molar-refractivity contribution in [2.75, 3.05) is 25.5 Å². The molecule has 0 aliphatic carbocycles. The normalized spacial score (nSPS) is 10.5. The molecule has 7 nitrogen and oxygen atoms in total.